The van der Waals surface area contributed by atoms with E-state index < -0.39 is 0 Å². The van der Waals surface area contributed by atoms with Crippen molar-refractivity contribution in [1.82, 2.24) is 10.2 Å². The minimum Gasteiger partial charge on any atom is -0.466 e. The second kappa shape index (κ2) is 6.57. The fourth-order valence-corrected chi connectivity index (χ4v) is 3.32. The number of amides is 1. The van der Waals surface area contributed by atoms with E-state index in [4.69, 9.17) is 4.74 Å². The molecule has 0 bridgehead atoms. The molecular formula is C15H26N2O3. The molecule has 2 aliphatic heterocycles. The maximum Gasteiger partial charge on any atom is 0.309 e. The molecule has 114 valence electrons. The van der Waals surface area contributed by atoms with Crippen LogP contribution in [-0.4, -0.2) is 48.6 Å². The maximum atomic E-state index is 12.7. The first-order chi connectivity index (χ1) is 9.63. The predicted octanol–water partition coefficient (Wildman–Crippen LogP) is 1.32. The molecule has 0 radical (unpaired) electrons. The molecule has 20 heavy (non-hydrogen) atoms. The lowest BCUT2D eigenvalue weighted by Gasteiger charge is -2.37. The summed E-state index contributed by atoms with van der Waals surface area (Å²) >= 11 is 0. The van der Waals surface area contributed by atoms with E-state index in [9.17, 15) is 9.59 Å². The predicted molar refractivity (Wildman–Crippen MR) is 76.2 cm³/mol. The number of hydrogen-bond donors (Lipinski definition) is 1. The molecule has 1 amide bonds. The molecule has 0 spiro atoms. The van der Waals surface area contributed by atoms with Gasteiger partial charge in [0.1, 0.15) is 0 Å². The topological polar surface area (TPSA) is 58.6 Å². The fourth-order valence-electron chi connectivity index (χ4n) is 3.32. The standard InChI is InChI=1S/C15H26N2O3/c1-3-15(8-5-9-16-15)14(19)17-10-6-12(7-11-17)13(18)20-4-2/h12,16H,3-11H2,1-2H3. The molecule has 0 aliphatic carbocycles. The highest BCUT2D eigenvalue weighted by atomic mass is 16.5. The van der Waals surface area contributed by atoms with Crippen LogP contribution < -0.4 is 5.32 Å². The van der Waals surface area contributed by atoms with Crippen LogP contribution in [0.4, 0.5) is 0 Å². The molecule has 2 heterocycles. The number of hydrogen-bond acceptors (Lipinski definition) is 4. The second-order valence-electron chi connectivity index (χ2n) is 5.78. The average Bonchev–Trinajstić information content (AvgIpc) is 2.97. The lowest BCUT2D eigenvalue weighted by atomic mass is 9.90. The van der Waals surface area contributed by atoms with E-state index in [2.05, 4.69) is 12.2 Å². The normalized spacial score (nSPS) is 27.6. The van der Waals surface area contributed by atoms with E-state index in [1.807, 2.05) is 11.8 Å². The second-order valence-corrected chi connectivity index (χ2v) is 5.78. The summed E-state index contributed by atoms with van der Waals surface area (Å²) < 4.78 is 5.06. The summed E-state index contributed by atoms with van der Waals surface area (Å²) in [6.07, 6.45) is 4.29. The zero-order valence-corrected chi connectivity index (χ0v) is 12.6. The van der Waals surface area contributed by atoms with E-state index in [0.717, 1.165) is 38.6 Å². The lowest BCUT2D eigenvalue weighted by Crippen LogP contribution is -2.56. The number of carbonyl (C=O) groups excluding carboxylic acids is 2. The Labute approximate surface area is 121 Å². The lowest BCUT2D eigenvalue weighted by molar-refractivity contribution is -0.152. The molecule has 0 aromatic carbocycles. The number of nitrogens with zero attached hydrogens (tertiary/aromatic N) is 1. The molecule has 1 atom stereocenters. The van der Waals surface area contributed by atoms with E-state index >= 15 is 0 Å². The average molecular weight is 282 g/mol. The third-order valence-corrected chi connectivity index (χ3v) is 4.66. The number of ether oxygens (including phenoxy) is 1. The molecule has 5 heteroatoms. The van der Waals surface area contributed by atoms with Crippen LogP contribution in [0.15, 0.2) is 0 Å². The monoisotopic (exact) mass is 282 g/mol. The third kappa shape index (κ3) is 2.97. The van der Waals surface area contributed by atoms with E-state index in [-0.39, 0.29) is 23.3 Å². The Kier molecular flexibility index (Phi) is 5.02. The van der Waals surface area contributed by atoms with Gasteiger partial charge in [-0.1, -0.05) is 6.92 Å². The molecule has 0 saturated carbocycles. The van der Waals surface area contributed by atoms with Gasteiger partial charge in [0.15, 0.2) is 0 Å². The van der Waals surface area contributed by atoms with E-state index in [1.54, 1.807) is 0 Å². The first-order valence-corrected chi connectivity index (χ1v) is 7.84. The number of esters is 1. The van der Waals surface area contributed by atoms with Crippen molar-refractivity contribution in [3.05, 3.63) is 0 Å². The van der Waals surface area contributed by atoms with Crippen LogP contribution in [0.1, 0.15) is 46.0 Å². The first-order valence-electron chi connectivity index (χ1n) is 7.84. The van der Waals surface area contributed by atoms with Gasteiger partial charge in [-0.05, 0) is 45.6 Å². The van der Waals surface area contributed by atoms with Crippen molar-refractivity contribution in [2.45, 2.75) is 51.5 Å². The molecule has 0 aromatic heterocycles. The highest BCUT2D eigenvalue weighted by Crippen LogP contribution is 2.28. The molecule has 1 unspecified atom stereocenters. The van der Waals surface area contributed by atoms with Crippen molar-refractivity contribution in [2.24, 2.45) is 5.92 Å². The summed E-state index contributed by atoms with van der Waals surface area (Å²) in [5.74, 6) is 0.0803. The van der Waals surface area contributed by atoms with E-state index in [1.165, 1.54) is 0 Å². The molecule has 5 nitrogen and oxygen atoms in total. The smallest absolute Gasteiger partial charge is 0.309 e. The first kappa shape index (κ1) is 15.3. The van der Waals surface area contributed by atoms with E-state index in [0.29, 0.717) is 19.7 Å². The quantitative estimate of drug-likeness (QED) is 0.790. The van der Waals surface area contributed by atoms with Gasteiger partial charge < -0.3 is 15.0 Å². The number of rotatable bonds is 4. The summed E-state index contributed by atoms with van der Waals surface area (Å²) in [7, 11) is 0. The summed E-state index contributed by atoms with van der Waals surface area (Å²) in [5, 5.41) is 3.39. The van der Waals surface area contributed by atoms with Crippen LogP contribution in [0.3, 0.4) is 0 Å². The van der Waals surface area contributed by atoms with Gasteiger partial charge in [-0.15, -0.1) is 0 Å². The van der Waals surface area contributed by atoms with Crippen LogP contribution in [0.2, 0.25) is 0 Å². The van der Waals surface area contributed by atoms with Gasteiger partial charge in [-0.3, -0.25) is 9.59 Å². The number of likely N-dealkylation sites (tertiary alicyclic amines) is 1. The fraction of sp³-hybridized carbons (Fsp3) is 0.867. The highest BCUT2D eigenvalue weighted by molar-refractivity contribution is 5.87. The maximum absolute atomic E-state index is 12.7. The van der Waals surface area contributed by atoms with Gasteiger partial charge in [-0.25, -0.2) is 0 Å². The minimum absolute atomic E-state index is 0.0342. The van der Waals surface area contributed by atoms with Crippen molar-refractivity contribution in [3.8, 4) is 0 Å². The van der Waals surface area contributed by atoms with Gasteiger partial charge in [0.2, 0.25) is 5.91 Å². The number of piperidine rings is 1. The molecule has 2 fully saturated rings. The minimum atomic E-state index is -0.350. The van der Waals surface area contributed by atoms with Gasteiger partial charge >= 0.3 is 5.97 Å². The van der Waals surface area contributed by atoms with Crippen LogP contribution in [0.5, 0.6) is 0 Å². The Morgan fingerprint density at radius 1 is 1.30 bits per heavy atom. The van der Waals surface area contributed by atoms with Crippen molar-refractivity contribution in [3.63, 3.8) is 0 Å². The zero-order valence-electron chi connectivity index (χ0n) is 12.6. The van der Waals surface area contributed by atoms with Crippen LogP contribution in [0, 0.1) is 5.92 Å². The number of nitrogens with one attached hydrogen (secondary N) is 1. The van der Waals surface area contributed by atoms with Gasteiger partial charge in [-0.2, -0.15) is 0 Å². The molecular weight excluding hydrogens is 256 g/mol. The SMILES string of the molecule is CCOC(=O)C1CCN(C(=O)C2(CC)CCCN2)CC1. The summed E-state index contributed by atoms with van der Waals surface area (Å²) in [6.45, 7) is 6.60. The van der Waals surface area contributed by atoms with Crippen molar-refractivity contribution in [1.29, 1.82) is 0 Å². The van der Waals surface area contributed by atoms with Gasteiger partial charge in [0.05, 0.1) is 18.1 Å². The summed E-state index contributed by atoms with van der Waals surface area (Å²) in [5.41, 5.74) is -0.350. The summed E-state index contributed by atoms with van der Waals surface area (Å²) in [6, 6.07) is 0. The van der Waals surface area contributed by atoms with Gasteiger partial charge in [0, 0.05) is 13.1 Å². The van der Waals surface area contributed by atoms with Crippen LogP contribution in [-0.2, 0) is 14.3 Å². The van der Waals surface area contributed by atoms with Crippen molar-refractivity contribution < 1.29 is 14.3 Å². The Bertz CT molecular complexity index is 356. The highest BCUT2D eigenvalue weighted by Gasteiger charge is 2.42. The molecule has 0 aromatic rings. The summed E-state index contributed by atoms with van der Waals surface area (Å²) in [4.78, 5) is 26.3. The third-order valence-electron chi connectivity index (χ3n) is 4.66. The van der Waals surface area contributed by atoms with Crippen LogP contribution >= 0.6 is 0 Å². The largest absolute Gasteiger partial charge is 0.466 e. The van der Waals surface area contributed by atoms with Crippen LogP contribution in [0.25, 0.3) is 0 Å². The van der Waals surface area contributed by atoms with Crippen molar-refractivity contribution in [2.75, 3.05) is 26.2 Å². The Balaban J connectivity index is 1.90. The number of carbonyl (C=O) groups is 2. The molecule has 1 N–H and O–H groups in total. The molecule has 2 rings (SSSR count). The Hall–Kier alpha value is -1.10. The van der Waals surface area contributed by atoms with Gasteiger partial charge in [0.25, 0.3) is 0 Å². The Morgan fingerprint density at radius 3 is 2.50 bits per heavy atom. The van der Waals surface area contributed by atoms with Crippen molar-refractivity contribution >= 4 is 11.9 Å². The molecule has 2 aliphatic rings. The Morgan fingerprint density at radius 2 is 2.00 bits per heavy atom. The zero-order chi connectivity index (χ0) is 14.6. The molecule has 2 saturated heterocycles.